The number of benzene rings is 1. The van der Waals surface area contributed by atoms with Gasteiger partial charge in [-0.3, -0.25) is 4.79 Å². The summed E-state index contributed by atoms with van der Waals surface area (Å²) >= 11 is 1.15. The number of rotatable bonds is 5. The van der Waals surface area contributed by atoms with E-state index in [1.807, 2.05) is 0 Å². The van der Waals surface area contributed by atoms with E-state index >= 15 is 0 Å². The first-order valence-corrected chi connectivity index (χ1v) is 6.28. The van der Waals surface area contributed by atoms with Gasteiger partial charge in [0.25, 0.3) is 5.70 Å². The van der Waals surface area contributed by atoms with Gasteiger partial charge < -0.3 is 16.2 Å². The molecule has 1 rings (SSSR count). The van der Waals surface area contributed by atoms with Crippen LogP contribution in [0.4, 0.5) is 5.69 Å². The highest BCUT2D eigenvalue weighted by atomic mass is 32.2. The number of aromatic carboxylic acids is 1. The summed E-state index contributed by atoms with van der Waals surface area (Å²) in [6.45, 7) is 6.92. The number of thioether (sulfide) groups is 1. The second kappa shape index (κ2) is 6.47. The van der Waals surface area contributed by atoms with Crippen LogP contribution in [0, 0.1) is 6.57 Å². The fraction of sp³-hybridized carbons (Fsp3) is 0.0833. The van der Waals surface area contributed by atoms with Gasteiger partial charge in [0.2, 0.25) is 5.91 Å². The van der Waals surface area contributed by atoms with Gasteiger partial charge in [-0.2, -0.15) is 0 Å². The van der Waals surface area contributed by atoms with E-state index in [4.69, 9.17) is 17.4 Å². The van der Waals surface area contributed by atoms with Gasteiger partial charge in [-0.05, 0) is 24.5 Å². The van der Waals surface area contributed by atoms with Crippen molar-refractivity contribution in [2.24, 2.45) is 5.73 Å². The van der Waals surface area contributed by atoms with Crippen molar-refractivity contribution < 1.29 is 14.7 Å². The third kappa shape index (κ3) is 3.76. The summed E-state index contributed by atoms with van der Waals surface area (Å²) in [5.41, 5.74) is 5.45. The number of primary amides is 1. The maximum Gasteiger partial charge on any atom is 0.335 e. The van der Waals surface area contributed by atoms with Crippen molar-refractivity contribution >= 4 is 29.3 Å². The van der Waals surface area contributed by atoms with Crippen LogP contribution in [0.25, 0.3) is 4.85 Å². The molecule has 19 heavy (non-hydrogen) atoms. The van der Waals surface area contributed by atoms with Crippen LogP contribution in [0.15, 0.2) is 35.0 Å². The van der Waals surface area contributed by atoms with Crippen LogP contribution in [0.1, 0.15) is 10.4 Å². The zero-order chi connectivity index (χ0) is 14.4. The first-order valence-electron chi connectivity index (χ1n) is 5.05. The summed E-state index contributed by atoms with van der Waals surface area (Å²) in [6.07, 6.45) is 1.68. The number of carbonyl (C=O) groups is 2. The van der Waals surface area contributed by atoms with Crippen molar-refractivity contribution in [3.05, 3.63) is 52.0 Å². The van der Waals surface area contributed by atoms with Crippen molar-refractivity contribution in [1.29, 1.82) is 0 Å². The van der Waals surface area contributed by atoms with Crippen molar-refractivity contribution in [2.45, 2.75) is 0 Å². The number of nitrogens with two attached hydrogens (primary N) is 1. The number of carbonyl (C=O) groups excluding carboxylic acids is 1. The molecule has 0 heterocycles. The Morgan fingerprint density at radius 1 is 1.47 bits per heavy atom. The number of hydrogen-bond acceptors (Lipinski definition) is 4. The minimum atomic E-state index is -1.06. The highest BCUT2D eigenvalue weighted by molar-refractivity contribution is 8.02. The maximum absolute atomic E-state index is 11.1. The van der Waals surface area contributed by atoms with E-state index in [0.29, 0.717) is 5.69 Å². The maximum atomic E-state index is 11.1. The molecule has 4 N–H and O–H groups in total. The number of anilines is 1. The molecular weight excluding hydrogens is 266 g/mol. The Kier molecular flexibility index (Phi) is 4.97. The predicted molar refractivity (Wildman–Crippen MR) is 73.4 cm³/mol. The van der Waals surface area contributed by atoms with Crippen LogP contribution in [0.3, 0.4) is 0 Å². The molecule has 98 valence electrons. The molecule has 0 unspecified atom stereocenters. The highest BCUT2D eigenvalue weighted by Crippen LogP contribution is 2.22. The Morgan fingerprint density at radius 2 is 2.16 bits per heavy atom. The molecule has 1 aromatic rings. The lowest BCUT2D eigenvalue weighted by Crippen LogP contribution is -2.15. The quantitative estimate of drug-likeness (QED) is 0.562. The third-order valence-corrected chi connectivity index (χ3v) is 2.84. The van der Waals surface area contributed by atoms with Gasteiger partial charge in [-0.1, -0.05) is 6.07 Å². The zero-order valence-electron chi connectivity index (χ0n) is 10.0. The number of carboxylic acid groups (broad SMARTS) is 1. The molecule has 0 fully saturated rings. The fourth-order valence-electron chi connectivity index (χ4n) is 1.29. The molecular formula is C12H11N3O3S. The Bertz CT molecular complexity index is 590. The lowest BCUT2D eigenvalue weighted by atomic mass is 10.2. The Balaban J connectivity index is 3.13. The summed E-state index contributed by atoms with van der Waals surface area (Å²) < 4.78 is 0. The van der Waals surface area contributed by atoms with Gasteiger partial charge in [-0.25, -0.2) is 9.64 Å². The highest BCUT2D eigenvalue weighted by Gasteiger charge is 2.13. The largest absolute Gasteiger partial charge is 0.478 e. The van der Waals surface area contributed by atoms with Crippen LogP contribution in [-0.2, 0) is 4.79 Å². The minimum absolute atomic E-state index is 0.105. The average molecular weight is 277 g/mol. The second-order valence-electron chi connectivity index (χ2n) is 3.37. The molecule has 0 atom stereocenters. The number of amides is 1. The lowest BCUT2D eigenvalue weighted by molar-refractivity contribution is -0.114. The molecule has 6 nitrogen and oxygen atoms in total. The summed E-state index contributed by atoms with van der Waals surface area (Å²) in [7, 11) is 0. The molecule has 0 aromatic heterocycles. The van der Waals surface area contributed by atoms with Crippen LogP contribution in [0.5, 0.6) is 0 Å². The van der Waals surface area contributed by atoms with Crippen molar-refractivity contribution in [2.75, 3.05) is 11.6 Å². The molecule has 1 amide bonds. The van der Waals surface area contributed by atoms with Gasteiger partial charge in [0, 0.05) is 5.69 Å². The molecule has 0 saturated heterocycles. The normalized spacial score (nSPS) is 11.2. The molecule has 0 spiro atoms. The van der Waals surface area contributed by atoms with Crippen molar-refractivity contribution in [3.8, 4) is 0 Å². The molecule has 0 bridgehead atoms. The van der Waals surface area contributed by atoms with Crippen LogP contribution >= 0.6 is 11.8 Å². The number of carboxylic acids is 1. The van der Waals surface area contributed by atoms with Crippen molar-refractivity contribution in [1.82, 2.24) is 0 Å². The molecule has 1 aromatic carbocycles. The zero-order valence-corrected chi connectivity index (χ0v) is 10.8. The van der Waals surface area contributed by atoms with Crippen molar-refractivity contribution in [3.63, 3.8) is 0 Å². The van der Waals surface area contributed by atoms with Crippen LogP contribution in [0.2, 0.25) is 0 Å². The van der Waals surface area contributed by atoms with Gasteiger partial charge >= 0.3 is 5.97 Å². The Morgan fingerprint density at radius 3 is 2.63 bits per heavy atom. The van der Waals surface area contributed by atoms with Crippen LogP contribution < -0.4 is 11.1 Å². The summed E-state index contributed by atoms with van der Waals surface area (Å²) in [4.78, 5) is 25.0. The standard InChI is InChI=1S/C12H11N3O3S/c1-14-9(10(13)16)11(19-2)15-8-5-3-4-7(6-8)12(17)18/h3-6,15H,2H3,(H2,13,16)(H,17,18)/b11-9+. The number of nitrogens with one attached hydrogen (secondary N) is 1. The van der Waals surface area contributed by atoms with Gasteiger partial charge in [0.05, 0.1) is 17.2 Å². The molecule has 0 aliphatic rings. The first-order chi connectivity index (χ1) is 8.99. The first kappa shape index (κ1) is 14.6. The molecule has 0 saturated carbocycles. The number of nitrogens with zero attached hydrogens (tertiary/aromatic N) is 1. The molecule has 0 aliphatic heterocycles. The van der Waals surface area contributed by atoms with E-state index in [0.717, 1.165) is 11.8 Å². The summed E-state index contributed by atoms with van der Waals surface area (Å²) in [5.74, 6) is -1.89. The minimum Gasteiger partial charge on any atom is -0.478 e. The third-order valence-electron chi connectivity index (χ3n) is 2.13. The molecule has 0 aliphatic carbocycles. The fourth-order valence-corrected chi connectivity index (χ4v) is 1.85. The summed E-state index contributed by atoms with van der Waals surface area (Å²) in [6, 6.07) is 6.04. The van der Waals surface area contributed by atoms with E-state index in [-0.39, 0.29) is 16.3 Å². The molecule has 7 heteroatoms. The second-order valence-corrected chi connectivity index (χ2v) is 4.19. The topological polar surface area (TPSA) is 96.8 Å². The summed E-state index contributed by atoms with van der Waals surface area (Å²) in [5, 5.41) is 12.0. The predicted octanol–water partition coefficient (Wildman–Crippen LogP) is 1.73. The van der Waals surface area contributed by atoms with Gasteiger partial charge in [0.15, 0.2) is 0 Å². The monoisotopic (exact) mass is 277 g/mol. The SMILES string of the molecule is [C-]#[N+]/C(C(N)=O)=C(\Nc1cccc(C(=O)O)c1)SC. The Hall–Kier alpha value is -2.46. The molecule has 0 radical (unpaired) electrons. The van der Waals surface area contributed by atoms with Crippen LogP contribution in [-0.4, -0.2) is 23.2 Å². The van der Waals surface area contributed by atoms with E-state index in [2.05, 4.69) is 10.2 Å². The Labute approximate surface area is 114 Å². The smallest absolute Gasteiger partial charge is 0.335 e. The number of hydrogen-bond donors (Lipinski definition) is 3. The van der Waals surface area contributed by atoms with E-state index < -0.39 is 11.9 Å². The lowest BCUT2D eigenvalue weighted by Gasteiger charge is -2.10. The average Bonchev–Trinajstić information content (AvgIpc) is 2.38. The van der Waals surface area contributed by atoms with Gasteiger partial charge in [-0.15, -0.1) is 11.8 Å². The van der Waals surface area contributed by atoms with E-state index in [9.17, 15) is 9.59 Å². The van der Waals surface area contributed by atoms with Gasteiger partial charge in [0.1, 0.15) is 0 Å². The van der Waals surface area contributed by atoms with E-state index in [1.165, 1.54) is 12.1 Å². The van der Waals surface area contributed by atoms with E-state index in [1.54, 1.807) is 18.4 Å².